The van der Waals surface area contributed by atoms with Crippen molar-refractivity contribution < 1.29 is 4.39 Å². The molecule has 0 atom stereocenters. The lowest BCUT2D eigenvalue weighted by Gasteiger charge is -2.05. The van der Waals surface area contributed by atoms with Crippen LogP contribution in [-0.4, -0.2) is 9.55 Å². The Balaban J connectivity index is 2.05. The fraction of sp³-hybridized carbons (Fsp3) is 0.250. The summed E-state index contributed by atoms with van der Waals surface area (Å²) in [7, 11) is 0. The molecule has 2 aromatic rings. The van der Waals surface area contributed by atoms with Crippen LogP contribution >= 0.6 is 11.8 Å². The molecule has 1 heterocycles. The van der Waals surface area contributed by atoms with Crippen LogP contribution in [-0.2, 0) is 12.3 Å². The standard InChI is InChI=1S/C12H14FN3S/c1-2-16-6-5-15-12(16)8-17-9-3-4-11(14)10(13)7-9/h3-7H,2,8,14H2,1H3. The number of hydrogen-bond acceptors (Lipinski definition) is 3. The van der Waals surface area contributed by atoms with Gasteiger partial charge in [-0.1, -0.05) is 0 Å². The highest BCUT2D eigenvalue weighted by atomic mass is 32.2. The molecule has 5 heteroatoms. The van der Waals surface area contributed by atoms with E-state index < -0.39 is 0 Å². The van der Waals surface area contributed by atoms with Crippen molar-refractivity contribution in [2.24, 2.45) is 0 Å². The number of benzene rings is 1. The zero-order valence-corrected chi connectivity index (χ0v) is 10.4. The smallest absolute Gasteiger partial charge is 0.147 e. The summed E-state index contributed by atoms with van der Waals surface area (Å²) < 4.78 is 15.3. The van der Waals surface area contributed by atoms with Crippen LogP contribution in [0, 0.1) is 5.82 Å². The number of imidazole rings is 1. The summed E-state index contributed by atoms with van der Waals surface area (Å²) in [6.07, 6.45) is 3.72. The second-order valence-corrected chi connectivity index (χ2v) is 4.65. The molecule has 17 heavy (non-hydrogen) atoms. The third-order valence-electron chi connectivity index (χ3n) is 2.48. The molecule has 0 aliphatic carbocycles. The lowest BCUT2D eigenvalue weighted by molar-refractivity contribution is 0.629. The topological polar surface area (TPSA) is 43.8 Å². The predicted molar refractivity (Wildman–Crippen MR) is 68.3 cm³/mol. The molecule has 0 aliphatic heterocycles. The molecule has 3 nitrogen and oxygen atoms in total. The Morgan fingerprint density at radius 3 is 3.00 bits per heavy atom. The number of aryl methyl sites for hydroxylation is 1. The first kappa shape index (κ1) is 12.0. The molecule has 0 fully saturated rings. The lowest BCUT2D eigenvalue weighted by atomic mass is 10.3. The number of nitrogens with two attached hydrogens (primary N) is 1. The summed E-state index contributed by atoms with van der Waals surface area (Å²) in [4.78, 5) is 5.13. The number of nitrogen functional groups attached to an aromatic ring is 1. The minimum atomic E-state index is -0.367. The summed E-state index contributed by atoms with van der Waals surface area (Å²) in [5, 5.41) is 0. The van der Waals surface area contributed by atoms with E-state index in [1.807, 2.05) is 12.3 Å². The van der Waals surface area contributed by atoms with Gasteiger partial charge in [-0.05, 0) is 25.1 Å². The largest absolute Gasteiger partial charge is 0.396 e. The molecule has 0 saturated carbocycles. The molecular weight excluding hydrogens is 237 g/mol. The number of halogens is 1. The lowest BCUT2D eigenvalue weighted by Crippen LogP contribution is -1.99. The first-order valence-electron chi connectivity index (χ1n) is 5.38. The molecule has 0 bridgehead atoms. The Kier molecular flexibility index (Phi) is 3.68. The minimum Gasteiger partial charge on any atom is -0.396 e. The van der Waals surface area contributed by atoms with Crippen molar-refractivity contribution in [3.8, 4) is 0 Å². The molecule has 1 aromatic carbocycles. The third kappa shape index (κ3) is 2.79. The van der Waals surface area contributed by atoms with Crippen molar-refractivity contribution >= 4 is 17.4 Å². The second-order valence-electron chi connectivity index (χ2n) is 3.60. The molecule has 0 amide bonds. The quantitative estimate of drug-likeness (QED) is 0.671. The Bertz CT molecular complexity index is 510. The maximum Gasteiger partial charge on any atom is 0.147 e. The summed E-state index contributed by atoms with van der Waals surface area (Å²) in [5.74, 6) is 1.35. The molecule has 0 aliphatic rings. The zero-order valence-electron chi connectivity index (χ0n) is 9.56. The second kappa shape index (κ2) is 5.23. The van der Waals surface area contributed by atoms with E-state index >= 15 is 0 Å². The summed E-state index contributed by atoms with van der Waals surface area (Å²) >= 11 is 1.55. The van der Waals surface area contributed by atoms with E-state index in [0.29, 0.717) is 0 Å². The highest BCUT2D eigenvalue weighted by Crippen LogP contribution is 2.24. The Morgan fingerprint density at radius 2 is 2.29 bits per heavy atom. The molecule has 0 radical (unpaired) electrons. The van der Waals surface area contributed by atoms with E-state index in [2.05, 4.69) is 16.5 Å². The molecular formula is C12H14FN3S. The highest BCUT2D eigenvalue weighted by Gasteiger charge is 2.04. The van der Waals surface area contributed by atoms with Crippen molar-refractivity contribution in [2.75, 3.05) is 5.73 Å². The predicted octanol–water partition coefficient (Wildman–Crippen LogP) is 2.92. The van der Waals surface area contributed by atoms with Crippen molar-refractivity contribution in [3.05, 3.63) is 42.2 Å². The average Bonchev–Trinajstić information content (AvgIpc) is 2.78. The van der Waals surface area contributed by atoms with Crippen LogP contribution in [0.2, 0.25) is 0 Å². The van der Waals surface area contributed by atoms with E-state index in [9.17, 15) is 4.39 Å². The zero-order chi connectivity index (χ0) is 12.3. The van der Waals surface area contributed by atoms with Crippen LogP contribution in [0.15, 0.2) is 35.5 Å². The van der Waals surface area contributed by atoms with Crippen molar-refractivity contribution in [1.82, 2.24) is 9.55 Å². The first-order chi connectivity index (χ1) is 8.20. The van der Waals surface area contributed by atoms with Gasteiger partial charge in [-0.2, -0.15) is 0 Å². The van der Waals surface area contributed by atoms with E-state index in [1.165, 1.54) is 6.07 Å². The maximum absolute atomic E-state index is 13.2. The Morgan fingerprint density at radius 1 is 1.47 bits per heavy atom. The number of aromatic nitrogens is 2. The van der Waals surface area contributed by atoms with Crippen LogP contribution < -0.4 is 5.73 Å². The maximum atomic E-state index is 13.2. The SMILES string of the molecule is CCn1ccnc1CSc1ccc(N)c(F)c1. The van der Waals surface area contributed by atoms with E-state index in [-0.39, 0.29) is 11.5 Å². The van der Waals surface area contributed by atoms with E-state index in [1.54, 1.807) is 24.0 Å². The number of hydrogen-bond donors (Lipinski definition) is 1. The Labute approximate surface area is 104 Å². The van der Waals surface area contributed by atoms with Crippen LogP contribution in [0.5, 0.6) is 0 Å². The van der Waals surface area contributed by atoms with Gasteiger partial charge in [0, 0.05) is 23.8 Å². The van der Waals surface area contributed by atoms with Crippen molar-refractivity contribution in [3.63, 3.8) is 0 Å². The van der Waals surface area contributed by atoms with Gasteiger partial charge in [-0.3, -0.25) is 0 Å². The van der Waals surface area contributed by atoms with E-state index in [0.717, 1.165) is 23.0 Å². The third-order valence-corrected chi connectivity index (χ3v) is 3.47. The summed E-state index contributed by atoms with van der Waals surface area (Å²) in [6.45, 7) is 2.96. The van der Waals surface area contributed by atoms with Gasteiger partial charge in [0.25, 0.3) is 0 Å². The number of thioether (sulfide) groups is 1. The number of rotatable bonds is 4. The van der Waals surface area contributed by atoms with Crippen LogP contribution in [0.1, 0.15) is 12.7 Å². The number of nitrogens with zero attached hydrogens (tertiary/aromatic N) is 2. The molecule has 0 saturated heterocycles. The fourth-order valence-corrected chi connectivity index (χ4v) is 2.40. The van der Waals surface area contributed by atoms with Crippen LogP contribution in [0.25, 0.3) is 0 Å². The minimum absolute atomic E-state index is 0.185. The van der Waals surface area contributed by atoms with Gasteiger partial charge < -0.3 is 10.3 Å². The molecule has 1 aromatic heterocycles. The van der Waals surface area contributed by atoms with Crippen molar-refractivity contribution in [2.45, 2.75) is 24.1 Å². The molecule has 0 unspecified atom stereocenters. The van der Waals surface area contributed by atoms with Gasteiger partial charge >= 0.3 is 0 Å². The van der Waals surface area contributed by atoms with Crippen molar-refractivity contribution in [1.29, 1.82) is 0 Å². The Hall–Kier alpha value is -1.49. The summed E-state index contributed by atoms with van der Waals surface area (Å²) in [6, 6.07) is 4.87. The fourth-order valence-electron chi connectivity index (χ4n) is 1.51. The van der Waals surface area contributed by atoms with Crippen LogP contribution in [0.3, 0.4) is 0 Å². The van der Waals surface area contributed by atoms with E-state index in [4.69, 9.17) is 5.73 Å². The molecule has 90 valence electrons. The summed E-state index contributed by atoms with van der Waals surface area (Å²) in [5.41, 5.74) is 5.61. The van der Waals surface area contributed by atoms with Gasteiger partial charge in [0.15, 0.2) is 0 Å². The van der Waals surface area contributed by atoms with Gasteiger partial charge in [0.05, 0.1) is 11.4 Å². The first-order valence-corrected chi connectivity index (χ1v) is 6.37. The van der Waals surface area contributed by atoms with Gasteiger partial charge in [0.1, 0.15) is 11.6 Å². The molecule has 2 N–H and O–H groups in total. The average molecular weight is 251 g/mol. The number of anilines is 1. The van der Waals surface area contributed by atoms with Gasteiger partial charge in [-0.25, -0.2) is 9.37 Å². The monoisotopic (exact) mass is 251 g/mol. The molecule has 2 rings (SSSR count). The van der Waals surface area contributed by atoms with Gasteiger partial charge in [0.2, 0.25) is 0 Å². The van der Waals surface area contributed by atoms with Gasteiger partial charge in [-0.15, -0.1) is 11.8 Å². The van der Waals surface area contributed by atoms with Crippen LogP contribution in [0.4, 0.5) is 10.1 Å². The normalized spacial score (nSPS) is 10.7. The highest BCUT2D eigenvalue weighted by molar-refractivity contribution is 7.98. The molecule has 0 spiro atoms.